The Balaban J connectivity index is 1.90. The van der Waals surface area contributed by atoms with Gasteiger partial charge in [0, 0.05) is 28.4 Å². The quantitative estimate of drug-likeness (QED) is 0.370. The molecule has 2 heterocycles. The zero-order valence-corrected chi connectivity index (χ0v) is 15.4. The summed E-state index contributed by atoms with van der Waals surface area (Å²) in [7, 11) is 0. The van der Waals surface area contributed by atoms with Gasteiger partial charge in [-0.15, -0.1) is 0 Å². The molecule has 2 aromatic heterocycles. The van der Waals surface area contributed by atoms with Crippen LogP contribution in [0.1, 0.15) is 5.56 Å². The maximum Gasteiger partial charge on any atom is 0.419 e. The number of aromatic nitrogens is 2. The standard InChI is InChI=1S/C21H12ClF4N3/c22-12-5-6-16(23)14(9-12)20-10-19(13-3-1-2-4-17(13)28-20)29-18-7-8-27-11-15(18)21(24,25)26/h1-11H,(H,27,28,29). The Bertz CT molecular complexity index is 1210. The van der Waals surface area contributed by atoms with Crippen LogP contribution in [-0.4, -0.2) is 9.97 Å². The van der Waals surface area contributed by atoms with Crippen molar-refractivity contribution in [3.8, 4) is 11.3 Å². The largest absolute Gasteiger partial charge is 0.419 e. The Labute approximate surface area is 168 Å². The molecule has 146 valence electrons. The molecule has 29 heavy (non-hydrogen) atoms. The van der Waals surface area contributed by atoms with E-state index in [1.165, 1.54) is 36.5 Å². The van der Waals surface area contributed by atoms with Gasteiger partial charge in [0.2, 0.25) is 0 Å². The van der Waals surface area contributed by atoms with Gasteiger partial charge in [-0.3, -0.25) is 4.98 Å². The molecule has 0 radical (unpaired) electrons. The molecule has 3 nitrogen and oxygen atoms in total. The molecule has 0 aliphatic rings. The van der Waals surface area contributed by atoms with Crippen LogP contribution in [0.2, 0.25) is 5.02 Å². The molecule has 0 atom stereocenters. The van der Waals surface area contributed by atoms with Crippen molar-refractivity contribution >= 4 is 33.9 Å². The SMILES string of the molecule is Fc1ccc(Cl)cc1-c1cc(Nc2ccncc2C(F)(F)F)c2ccccc2n1. The number of rotatable bonds is 3. The van der Waals surface area contributed by atoms with Gasteiger partial charge >= 0.3 is 6.18 Å². The minimum atomic E-state index is -4.58. The zero-order valence-electron chi connectivity index (χ0n) is 14.6. The molecular weight excluding hydrogens is 406 g/mol. The Morgan fingerprint density at radius 3 is 2.52 bits per heavy atom. The van der Waals surface area contributed by atoms with Gasteiger partial charge in [0.1, 0.15) is 5.82 Å². The van der Waals surface area contributed by atoms with E-state index >= 15 is 0 Å². The van der Waals surface area contributed by atoms with Crippen molar-refractivity contribution in [1.82, 2.24) is 9.97 Å². The predicted octanol–water partition coefficient (Wildman–Crippen LogP) is 6.85. The molecular formula is C21H12ClF4N3. The van der Waals surface area contributed by atoms with Crippen molar-refractivity contribution in [2.75, 3.05) is 5.32 Å². The molecule has 4 aromatic rings. The summed E-state index contributed by atoms with van der Waals surface area (Å²) in [5.41, 5.74) is 0.166. The lowest BCUT2D eigenvalue weighted by atomic mass is 10.1. The molecule has 0 fully saturated rings. The van der Waals surface area contributed by atoms with Gasteiger partial charge in [0.15, 0.2) is 0 Å². The highest BCUT2D eigenvalue weighted by molar-refractivity contribution is 6.30. The predicted molar refractivity (Wildman–Crippen MR) is 105 cm³/mol. The van der Waals surface area contributed by atoms with Gasteiger partial charge in [-0.1, -0.05) is 29.8 Å². The van der Waals surface area contributed by atoms with Crippen LogP contribution >= 0.6 is 11.6 Å². The van der Waals surface area contributed by atoms with Gasteiger partial charge in [-0.25, -0.2) is 9.37 Å². The van der Waals surface area contributed by atoms with E-state index in [9.17, 15) is 17.6 Å². The Kier molecular flexibility index (Phi) is 4.84. The molecule has 8 heteroatoms. The van der Waals surface area contributed by atoms with E-state index in [0.29, 0.717) is 21.6 Å². The van der Waals surface area contributed by atoms with Crippen LogP contribution in [0.3, 0.4) is 0 Å². The summed E-state index contributed by atoms with van der Waals surface area (Å²) in [6.45, 7) is 0. The van der Waals surface area contributed by atoms with Crippen LogP contribution in [0.4, 0.5) is 28.9 Å². The first-order chi connectivity index (χ1) is 13.8. The number of halogens is 5. The zero-order chi connectivity index (χ0) is 20.6. The van der Waals surface area contributed by atoms with Gasteiger partial charge < -0.3 is 5.32 Å². The molecule has 4 rings (SSSR count). The molecule has 0 saturated carbocycles. The van der Waals surface area contributed by atoms with Gasteiger partial charge in [-0.05, 0) is 36.4 Å². The Hall–Kier alpha value is -3.19. The third-order valence-electron chi connectivity index (χ3n) is 4.32. The summed E-state index contributed by atoms with van der Waals surface area (Å²) in [5.74, 6) is -0.539. The molecule has 0 bridgehead atoms. The number of anilines is 2. The van der Waals surface area contributed by atoms with Crippen LogP contribution in [-0.2, 0) is 6.18 Å². The molecule has 1 N–H and O–H groups in total. The number of para-hydroxylation sites is 1. The fourth-order valence-corrected chi connectivity index (χ4v) is 3.16. The van der Waals surface area contributed by atoms with Crippen molar-refractivity contribution in [2.24, 2.45) is 0 Å². The first kappa shape index (κ1) is 19.1. The van der Waals surface area contributed by atoms with Crippen LogP contribution in [0, 0.1) is 5.82 Å². The lowest BCUT2D eigenvalue weighted by molar-refractivity contribution is -0.137. The number of fused-ring (bicyclic) bond motifs is 1. The summed E-state index contributed by atoms with van der Waals surface area (Å²) < 4.78 is 54.4. The summed E-state index contributed by atoms with van der Waals surface area (Å²) in [5, 5.41) is 3.72. The second-order valence-electron chi connectivity index (χ2n) is 6.24. The summed E-state index contributed by atoms with van der Waals surface area (Å²) in [6.07, 6.45) is -2.57. The first-order valence-corrected chi connectivity index (χ1v) is 8.84. The van der Waals surface area contributed by atoms with Crippen molar-refractivity contribution in [3.63, 3.8) is 0 Å². The van der Waals surface area contributed by atoms with Crippen molar-refractivity contribution < 1.29 is 17.6 Å². The summed E-state index contributed by atoms with van der Waals surface area (Å²) >= 11 is 5.98. The fraction of sp³-hybridized carbons (Fsp3) is 0.0476. The van der Waals surface area contributed by atoms with Gasteiger partial charge in [-0.2, -0.15) is 13.2 Å². The number of nitrogens with one attached hydrogen (secondary N) is 1. The van der Waals surface area contributed by atoms with Crippen LogP contribution in [0.5, 0.6) is 0 Å². The van der Waals surface area contributed by atoms with Crippen LogP contribution in [0.25, 0.3) is 22.2 Å². The average molecular weight is 418 g/mol. The summed E-state index contributed by atoms with van der Waals surface area (Å²) in [6, 6.07) is 13.7. The van der Waals surface area contributed by atoms with E-state index < -0.39 is 17.6 Å². The Morgan fingerprint density at radius 2 is 1.72 bits per heavy atom. The molecule has 0 unspecified atom stereocenters. The highest BCUT2D eigenvalue weighted by Gasteiger charge is 2.34. The monoisotopic (exact) mass is 417 g/mol. The smallest absolute Gasteiger partial charge is 0.354 e. The van der Waals surface area contributed by atoms with Gasteiger partial charge in [0.25, 0.3) is 0 Å². The molecule has 2 aromatic carbocycles. The molecule has 0 aliphatic carbocycles. The second kappa shape index (κ2) is 7.33. The number of alkyl halides is 3. The number of hydrogen-bond acceptors (Lipinski definition) is 3. The van der Waals surface area contributed by atoms with Crippen molar-refractivity contribution in [2.45, 2.75) is 6.18 Å². The lowest BCUT2D eigenvalue weighted by Gasteiger charge is -2.16. The normalized spacial score (nSPS) is 11.6. The number of pyridine rings is 2. The van der Waals surface area contributed by atoms with Crippen LogP contribution < -0.4 is 5.32 Å². The third-order valence-corrected chi connectivity index (χ3v) is 4.55. The lowest BCUT2D eigenvalue weighted by Crippen LogP contribution is -2.09. The maximum absolute atomic E-state index is 14.4. The van der Waals surface area contributed by atoms with E-state index in [0.717, 1.165) is 6.20 Å². The van der Waals surface area contributed by atoms with E-state index in [2.05, 4.69) is 15.3 Å². The van der Waals surface area contributed by atoms with Crippen molar-refractivity contribution in [1.29, 1.82) is 0 Å². The van der Waals surface area contributed by atoms with Gasteiger partial charge in [0.05, 0.1) is 28.1 Å². The third kappa shape index (κ3) is 3.86. The molecule has 0 amide bonds. The fourth-order valence-electron chi connectivity index (χ4n) is 2.99. The molecule has 0 aliphatic heterocycles. The highest BCUT2D eigenvalue weighted by Crippen LogP contribution is 2.37. The van der Waals surface area contributed by atoms with E-state index in [4.69, 9.17) is 11.6 Å². The minimum Gasteiger partial charge on any atom is -0.354 e. The second-order valence-corrected chi connectivity index (χ2v) is 6.68. The molecule has 0 saturated heterocycles. The Morgan fingerprint density at radius 1 is 0.931 bits per heavy atom. The number of nitrogens with zero attached hydrogens (tertiary/aromatic N) is 2. The summed E-state index contributed by atoms with van der Waals surface area (Å²) in [4.78, 5) is 8.01. The maximum atomic E-state index is 14.4. The van der Waals surface area contributed by atoms with E-state index in [1.807, 2.05) is 0 Å². The van der Waals surface area contributed by atoms with Crippen molar-refractivity contribution in [3.05, 3.63) is 83.4 Å². The number of benzene rings is 2. The van der Waals surface area contributed by atoms with E-state index in [-0.39, 0.29) is 16.9 Å². The minimum absolute atomic E-state index is 0.150. The number of hydrogen-bond donors (Lipinski definition) is 1. The topological polar surface area (TPSA) is 37.8 Å². The highest BCUT2D eigenvalue weighted by atomic mass is 35.5. The first-order valence-electron chi connectivity index (χ1n) is 8.46. The molecule has 0 spiro atoms. The van der Waals surface area contributed by atoms with E-state index in [1.54, 1.807) is 24.3 Å². The average Bonchev–Trinajstić information content (AvgIpc) is 2.69. The van der Waals surface area contributed by atoms with Crippen LogP contribution in [0.15, 0.2) is 67.0 Å².